The Morgan fingerprint density at radius 3 is 2.77 bits per heavy atom. The number of hydrogen-bond donors (Lipinski definition) is 2. The zero-order valence-corrected chi connectivity index (χ0v) is 16.0. The number of nitrogens with one attached hydrogen (secondary N) is 1. The second-order valence-corrected chi connectivity index (χ2v) is 6.55. The van der Waals surface area contributed by atoms with Gasteiger partial charge in [-0.3, -0.25) is 15.2 Å². The lowest BCUT2D eigenvalue weighted by Crippen LogP contribution is -2.21. The van der Waals surface area contributed by atoms with Gasteiger partial charge in [0.05, 0.1) is 28.7 Å². The van der Waals surface area contributed by atoms with E-state index in [9.17, 15) is 15.4 Å². The summed E-state index contributed by atoms with van der Waals surface area (Å²) in [5.74, 6) is 0.208. The molecule has 0 saturated heterocycles. The summed E-state index contributed by atoms with van der Waals surface area (Å²) >= 11 is 0. The number of ether oxygens (including phenoxy) is 2. The molecule has 1 aromatic heterocycles. The topological polar surface area (TPSA) is 140 Å². The Balaban J connectivity index is 1.88. The molecule has 3 aromatic rings. The van der Waals surface area contributed by atoms with Crippen LogP contribution >= 0.6 is 0 Å². The number of aromatic nitrogens is 2. The lowest BCUT2D eigenvalue weighted by Gasteiger charge is -2.24. The maximum Gasteiger partial charge on any atom is 0.269 e. The molecule has 0 bridgehead atoms. The highest BCUT2D eigenvalue weighted by Crippen LogP contribution is 2.46. The molecule has 1 aliphatic heterocycles. The van der Waals surface area contributed by atoms with Crippen LogP contribution < -0.4 is 15.2 Å². The third kappa shape index (κ3) is 3.20. The summed E-state index contributed by atoms with van der Waals surface area (Å²) in [6, 6.07) is 15.6. The first-order valence-electron chi connectivity index (χ1n) is 9.17. The molecule has 150 valence electrons. The van der Waals surface area contributed by atoms with Crippen molar-refractivity contribution in [3.63, 3.8) is 0 Å². The highest BCUT2D eigenvalue weighted by molar-refractivity contribution is 5.71. The lowest BCUT2D eigenvalue weighted by atomic mass is 9.83. The number of nitrogens with zero attached hydrogens (tertiary/aromatic N) is 3. The monoisotopic (exact) mass is 403 g/mol. The number of H-pyrrole nitrogens is 1. The van der Waals surface area contributed by atoms with Crippen LogP contribution in [0.1, 0.15) is 24.0 Å². The summed E-state index contributed by atoms with van der Waals surface area (Å²) in [5.41, 5.74) is 8.60. The number of non-ortho nitro benzene ring substituents is 1. The van der Waals surface area contributed by atoms with Crippen LogP contribution in [0.4, 0.5) is 5.69 Å². The lowest BCUT2D eigenvalue weighted by molar-refractivity contribution is -0.384. The van der Waals surface area contributed by atoms with Crippen molar-refractivity contribution in [2.75, 3.05) is 6.61 Å². The van der Waals surface area contributed by atoms with Crippen LogP contribution in [-0.2, 0) is 0 Å². The van der Waals surface area contributed by atoms with Crippen LogP contribution in [0.15, 0.2) is 60.0 Å². The number of nitriles is 1. The molecule has 30 heavy (non-hydrogen) atoms. The standard InChI is InChI=1S/C21H17N5O4/c1-2-29-15-8-6-12(7-9-15)19-18-17(13-4-3-5-14(10-13)26(27)28)16(11-22)20(23)30-21(18)25-24-19/h3-10,17H,2,23H2,1H3,(H,24,25). The molecule has 1 unspecified atom stereocenters. The van der Waals surface area contributed by atoms with Crippen molar-refractivity contribution in [3.05, 3.63) is 81.2 Å². The van der Waals surface area contributed by atoms with E-state index < -0.39 is 10.8 Å². The molecular weight excluding hydrogens is 386 g/mol. The highest BCUT2D eigenvalue weighted by Gasteiger charge is 2.36. The van der Waals surface area contributed by atoms with Crippen molar-refractivity contribution in [2.45, 2.75) is 12.8 Å². The molecule has 0 spiro atoms. The van der Waals surface area contributed by atoms with Crippen molar-refractivity contribution in [2.24, 2.45) is 5.73 Å². The number of benzene rings is 2. The Bertz CT molecular complexity index is 1190. The molecule has 9 heteroatoms. The zero-order valence-electron chi connectivity index (χ0n) is 16.0. The number of aromatic amines is 1. The minimum absolute atomic E-state index is 0.0775. The van der Waals surface area contributed by atoms with E-state index in [1.54, 1.807) is 12.1 Å². The number of nitrogens with two attached hydrogens (primary N) is 1. The summed E-state index contributed by atoms with van der Waals surface area (Å²) in [5, 5.41) is 28.2. The molecule has 2 heterocycles. The maximum atomic E-state index is 11.3. The van der Waals surface area contributed by atoms with Gasteiger partial charge in [0.15, 0.2) is 0 Å². The van der Waals surface area contributed by atoms with Crippen molar-refractivity contribution in [3.8, 4) is 29.0 Å². The Kier molecular flexibility index (Phi) is 4.82. The number of rotatable bonds is 5. The summed E-state index contributed by atoms with van der Waals surface area (Å²) < 4.78 is 11.0. The summed E-state index contributed by atoms with van der Waals surface area (Å²) in [7, 11) is 0. The van der Waals surface area contributed by atoms with Crippen LogP contribution in [0, 0.1) is 21.4 Å². The average Bonchev–Trinajstić information content (AvgIpc) is 3.16. The molecule has 0 amide bonds. The first-order valence-corrected chi connectivity index (χ1v) is 9.17. The summed E-state index contributed by atoms with van der Waals surface area (Å²) in [6.07, 6.45) is 0. The molecule has 0 aliphatic carbocycles. The molecule has 1 atom stereocenters. The fourth-order valence-corrected chi connectivity index (χ4v) is 3.50. The van der Waals surface area contributed by atoms with Gasteiger partial charge in [-0.05, 0) is 36.8 Å². The number of hydrogen-bond acceptors (Lipinski definition) is 7. The number of nitro groups is 1. The first-order chi connectivity index (χ1) is 14.5. The van der Waals surface area contributed by atoms with Crippen LogP contribution in [0.3, 0.4) is 0 Å². The van der Waals surface area contributed by atoms with Gasteiger partial charge in [-0.1, -0.05) is 12.1 Å². The Morgan fingerprint density at radius 1 is 1.33 bits per heavy atom. The van der Waals surface area contributed by atoms with Gasteiger partial charge in [0.1, 0.15) is 17.4 Å². The third-order valence-corrected chi connectivity index (χ3v) is 4.81. The van der Waals surface area contributed by atoms with Gasteiger partial charge >= 0.3 is 0 Å². The van der Waals surface area contributed by atoms with Gasteiger partial charge in [-0.2, -0.15) is 5.26 Å². The van der Waals surface area contributed by atoms with Crippen molar-refractivity contribution < 1.29 is 14.4 Å². The summed E-state index contributed by atoms with van der Waals surface area (Å²) in [4.78, 5) is 10.8. The smallest absolute Gasteiger partial charge is 0.269 e. The maximum absolute atomic E-state index is 11.3. The molecule has 3 N–H and O–H groups in total. The van der Waals surface area contributed by atoms with Crippen molar-refractivity contribution in [1.29, 1.82) is 5.26 Å². The van der Waals surface area contributed by atoms with E-state index in [2.05, 4.69) is 16.3 Å². The molecule has 1 aliphatic rings. The zero-order chi connectivity index (χ0) is 21.3. The fraction of sp³-hybridized carbons (Fsp3) is 0.143. The normalized spacial score (nSPS) is 15.1. The predicted molar refractivity (Wildman–Crippen MR) is 108 cm³/mol. The van der Waals surface area contributed by atoms with Gasteiger partial charge in [0, 0.05) is 17.7 Å². The molecule has 4 rings (SSSR count). The molecule has 9 nitrogen and oxygen atoms in total. The van der Waals surface area contributed by atoms with Crippen molar-refractivity contribution in [1.82, 2.24) is 10.2 Å². The highest BCUT2D eigenvalue weighted by atomic mass is 16.6. The number of nitro benzene ring substituents is 1. The van der Waals surface area contributed by atoms with Gasteiger partial charge in [-0.25, -0.2) is 0 Å². The van der Waals surface area contributed by atoms with E-state index in [1.165, 1.54) is 12.1 Å². The van der Waals surface area contributed by atoms with Gasteiger partial charge < -0.3 is 15.2 Å². The van der Waals surface area contributed by atoms with E-state index in [1.807, 2.05) is 31.2 Å². The minimum atomic E-state index is -0.668. The SMILES string of the molecule is CCOc1ccc(-c2[nH]nc3c2C(c2cccc([N+](=O)[O-])c2)C(C#N)=C(N)O3)cc1. The Labute approximate surface area is 171 Å². The van der Waals surface area contributed by atoms with Crippen LogP contribution in [0.25, 0.3) is 11.3 Å². The van der Waals surface area contributed by atoms with E-state index in [4.69, 9.17) is 15.2 Å². The quantitative estimate of drug-likeness (QED) is 0.490. The van der Waals surface area contributed by atoms with Gasteiger partial charge in [0.2, 0.25) is 11.8 Å². The fourth-order valence-electron chi connectivity index (χ4n) is 3.50. The molecule has 2 aromatic carbocycles. The first kappa shape index (κ1) is 19.0. The minimum Gasteiger partial charge on any atom is -0.494 e. The van der Waals surface area contributed by atoms with E-state index >= 15 is 0 Å². The van der Waals surface area contributed by atoms with Gasteiger partial charge in [-0.15, -0.1) is 5.10 Å². The van der Waals surface area contributed by atoms with Crippen LogP contribution in [0.2, 0.25) is 0 Å². The van der Waals surface area contributed by atoms with Gasteiger partial charge in [0.25, 0.3) is 5.69 Å². The largest absolute Gasteiger partial charge is 0.494 e. The van der Waals surface area contributed by atoms with Crippen LogP contribution in [0.5, 0.6) is 11.6 Å². The Hall–Kier alpha value is -4.32. The second kappa shape index (κ2) is 7.60. The Morgan fingerprint density at radius 2 is 2.10 bits per heavy atom. The molecule has 0 saturated carbocycles. The van der Waals surface area contributed by atoms with E-state index in [0.29, 0.717) is 23.4 Å². The number of fused-ring (bicyclic) bond motifs is 1. The second-order valence-electron chi connectivity index (χ2n) is 6.55. The molecule has 0 radical (unpaired) electrons. The van der Waals surface area contributed by atoms with E-state index in [0.717, 1.165) is 11.3 Å². The third-order valence-electron chi connectivity index (χ3n) is 4.81. The molecule has 0 fully saturated rings. The number of allylic oxidation sites excluding steroid dienone is 1. The average molecular weight is 403 g/mol. The summed E-state index contributed by atoms with van der Waals surface area (Å²) in [6.45, 7) is 2.46. The van der Waals surface area contributed by atoms with E-state index in [-0.39, 0.29) is 23.0 Å². The molecular formula is C21H17N5O4. The van der Waals surface area contributed by atoms with Crippen LogP contribution in [-0.4, -0.2) is 21.7 Å². The predicted octanol–water partition coefficient (Wildman–Crippen LogP) is 3.60. The van der Waals surface area contributed by atoms with Crippen molar-refractivity contribution >= 4 is 5.69 Å².